The minimum atomic E-state index is 0.0648. The van der Waals surface area contributed by atoms with E-state index in [-0.39, 0.29) is 5.91 Å². The maximum Gasteiger partial charge on any atom is 0.234 e. The maximum absolute atomic E-state index is 12.3. The first-order valence-electron chi connectivity index (χ1n) is 8.99. The van der Waals surface area contributed by atoms with Crippen molar-refractivity contribution >= 4 is 22.6 Å². The smallest absolute Gasteiger partial charge is 0.234 e. The quantitative estimate of drug-likeness (QED) is 0.740. The van der Waals surface area contributed by atoms with E-state index in [0.29, 0.717) is 13.1 Å². The molecule has 1 aromatic carbocycles. The number of benzene rings is 1. The summed E-state index contributed by atoms with van der Waals surface area (Å²) in [6.07, 6.45) is 1.82. The van der Waals surface area contributed by atoms with Crippen LogP contribution in [0.15, 0.2) is 54.7 Å². The highest BCUT2D eigenvalue weighted by Gasteiger charge is 2.19. The first kappa shape index (κ1) is 16.6. The molecule has 1 aliphatic heterocycles. The van der Waals surface area contributed by atoms with Gasteiger partial charge in [0, 0.05) is 43.6 Å². The van der Waals surface area contributed by atoms with Gasteiger partial charge in [0.1, 0.15) is 5.82 Å². The van der Waals surface area contributed by atoms with Crippen molar-refractivity contribution in [1.82, 2.24) is 20.2 Å². The van der Waals surface area contributed by atoms with Crippen LogP contribution in [0.3, 0.4) is 0 Å². The third kappa shape index (κ3) is 3.86. The van der Waals surface area contributed by atoms with E-state index < -0.39 is 0 Å². The van der Waals surface area contributed by atoms with Crippen LogP contribution in [0, 0.1) is 0 Å². The Labute approximate surface area is 152 Å². The number of anilines is 1. The highest BCUT2D eigenvalue weighted by Crippen LogP contribution is 2.14. The molecule has 0 bridgehead atoms. The number of carbonyl (C=O) groups excluding carboxylic acids is 1. The number of para-hydroxylation sites is 1. The number of carbonyl (C=O) groups is 1. The molecule has 1 fully saturated rings. The normalized spacial score (nSPS) is 15.3. The largest absolute Gasteiger partial charge is 0.357 e. The molecular weight excluding hydrogens is 326 g/mol. The third-order valence-corrected chi connectivity index (χ3v) is 4.77. The zero-order valence-electron chi connectivity index (χ0n) is 14.7. The van der Waals surface area contributed by atoms with Gasteiger partial charge in [-0.15, -0.1) is 0 Å². The van der Waals surface area contributed by atoms with Gasteiger partial charge >= 0.3 is 0 Å². The molecule has 0 unspecified atom stereocenters. The summed E-state index contributed by atoms with van der Waals surface area (Å²) >= 11 is 0. The SMILES string of the molecule is O=C(CN1CCN(c2ccccn2)CC1)NCc1cc2ccccc2[nH]1. The second-order valence-corrected chi connectivity index (χ2v) is 6.61. The van der Waals surface area contributed by atoms with E-state index in [0.717, 1.165) is 43.2 Å². The van der Waals surface area contributed by atoms with Crippen molar-refractivity contribution < 1.29 is 4.79 Å². The minimum Gasteiger partial charge on any atom is -0.357 e. The van der Waals surface area contributed by atoms with Crippen molar-refractivity contribution in [1.29, 1.82) is 0 Å². The van der Waals surface area contributed by atoms with E-state index >= 15 is 0 Å². The lowest BCUT2D eigenvalue weighted by molar-refractivity contribution is -0.122. The molecule has 0 aliphatic carbocycles. The van der Waals surface area contributed by atoms with Gasteiger partial charge in [-0.1, -0.05) is 24.3 Å². The highest BCUT2D eigenvalue weighted by atomic mass is 16.2. The maximum atomic E-state index is 12.3. The van der Waals surface area contributed by atoms with Crippen molar-refractivity contribution in [2.75, 3.05) is 37.6 Å². The summed E-state index contributed by atoms with van der Waals surface area (Å²) in [4.78, 5) is 24.4. The number of rotatable bonds is 5. The number of aromatic amines is 1. The Hall–Kier alpha value is -2.86. The fourth-order valence-electron chi connectivity index (χ4n) is 3.36. The number of pyridine rings is 1. The Balaban J connectivity index is 1.24. The van der Waals surface area contributed by atoms with E-state index in [1.54, 1.807) is 0 Å². The van der Waals surface area contributed by atoms with Gasteiger partial charge < -0.3 is 15.2 Å². The monoisotopic (exact) mass is 349 g/mol. The lowest BCUT2D eigenvalue weighted by atomic mass is 10.2. The van der Waals surface area contributed by atoms with Gasteiger partial charge in [0.15, 0.2) is 0 Å². The zero-order valence-corrected chi connectivity index (χ0v) is 14.7. The number of fused-ring (bicyclic) bond motifs is 1. The van der Waals surface area contributed by atoms with Gasteiger partial charge in [-0.05, 0) is 29.7 Å². The standard InChI is InChI=1S/C20H23N5O/c26-20(22-14-17-13-16-5-1-2-6-18(16)23-17)15-24-9-11-25(12-10-24)19-7-3-4-8-21-19/h1-8,13,23H,9-12,14-15H2,(H,22,26). The summed E-state index contributed by atoms with van der Waals surface area (Å²) in [6, 6.07) is 16.2. The molecule has 6 heteroatoms. The van der Waals surface area contributed by atoms with E-state index in [1.165, 1.54) is 5.39 Å². The molecule has 4 rings (SSSR count). The number of nitrogens with one attached hydrogen (secondary N) is 2. The molecule has 134 valence electrons. The molecule has 6 nitrogen and oxygen atoms in total. The van der Waals surface area contributed by atoms with Crippen LogP contribution in [0.4, 0.5) is 5.82 Å². The number of nitrogens with zero attached hydrogens (tertiary/aromatic N) is 3. The molecule has 0 radical (unpaired) electrons. The summed E-state index contributed by atoms with van der Waals surface area (Å²) < 4.78 is 0. The molecule has 1 aliphatic rings. The molecule has 3 aromatic rings. The van der Waals surface area contributed by atoms with Gasteiger partial charge in [0.2, 0.25) is 5.91 Å². The van der Waals surface area contributed by atoms with Crippen LogP contribution < -0.4 is 10.2 Å². The van der Waals surface area contributed by atoms with Crippen LogP contribution in [-0.4, -0.2) is 53.5 Å². The number of hydrogen-bond donors (Lipinski definition) is 2. The fourth-order valence-corrected chi connectivity index (χ4v) is 3.36. The van der Waals surface area contributed by atoms with Gasteiger partial charge in [0.25, 0.3) is 0 Å². The molecule has 3 heterocycles. The summed E-state index contributed by atoms with van der Waals surface area (Å²) in [5, 5.41) is 4.18. The van der Waals surface area contributed by atoms with E-state index in [9.17, 15) is 4.79 Å². The van der Waals surface area contributed by atoms with Crippen molar-refractivity contribution in [2.45, 2.75) is 6.54 Å². The Bertz CT molecular complexity index is 835. The molecule has 1 saturated heterocycles. The lowest BCUT2D eigenvalue weighted by Gasteiger charge is -2.34. The summed E-state index contributed by atoms with van der Waals surface area (Å²) in [7, 11) is 0. The number of hydrogen-bond acceptors (Lipinski definition) is 4. The average Bonchev–Trinajstić information content (AvgIpc) is 3.11. The van der Waals surface area contributed by atoms with E-state index in [4.69, 9.17) is 0 Å². The Kier molecular flexibility index (Phi) is 4.84. The van der Waals surface area contributed by atoms with Gasteiger partial charge in [-0.2, -0.15) is 0 Å². The van der Waals surface area contributed by atoms with Crippen LogP contribution in [0.2, 0.25) is 0 Å². The predicted molar refractivity (Wildman–Crippen MR) is 103 cm³/mol. The van der Waals surface area contributed by atoms with Crippen LogP contribution >= 0.6 is 0 Å². The Morgan fingerprint density at radius 1 is 1.08 bits per heavy atom. The fraction of sp³-hybridized carbons (Fsp3) is 0.300. The highest BCUT2D eigenvalue weighted by molar-refractivity contribution is 5.81. The minimum absolute atomic E-state index is 0.0648. The molecule has 2 aromatic heterocycles. The van der Waals surface area contributed by atoms with Gasteiger partial charge in [0.05, 0.1) is 13.1 Å². The second kappa shape index (κ2) is 7.58. The van der Waals surface area contributed by atoms with Crippen molar-refractivity contribution in [2.24, 2.45) is 0 Å². The summed E-state index contributed by atoms with van der Waals surface area (Å²) in [5.74, 6) is 1.07. The summed E-state index contributed by atoms with van der Waals surface area (Å²) in [5.41, 5.74) is 2.13. The van der Waals surface area contributed by atoms with Crippen LogP contribution in [-0.2, 0) is 11.3 Å². The summed E-state index contributed by atoms with van der Waals surface area (Å²) in [6.45, 7) is 4.50. The third-order valence-electron chi connectivity index (χ3n) is 4.77. The average molecular weight is 349 g/mol. The van der Waals surface area contributed by atoms with Crippen molar-refractivity contribution in [3.8, 4) is 0 Å². The van der Waals surface area contributed by atoms with E-state index in [1.807, 2.05) is 42.6 Å². The van der Waals surface area contributed by atoms with Crippen molar-refractivity contribution in [3.63, 3.8) is 0 Å². The van der Waals surface area contributed by atoms with Gasteiger partial charge in [-0.25, -0.2) is 4.98 Å². The van der Waals surface area contributed by atoms with Gasteiger partial charge in [-0.3, -0.25) is 9.69 Å². The zero-order chi connectivity index (χ0) is 17.8. The number of H-pyrrole nitrogens is 1. The number of piperazine rings is 1. The predicted octanol–water partition coefficient (Wildman–Crippen LogP) is 2.00. The topological polar surface area (TPSA) is 64.3 Å². The van der Waals surface area contributed by atoms with Crippen molar-refractivity contribution in [3.05, 3.63) is 60.4 Å². The van der Waals surface area contributed by atoms with Crippen LogP contribution in [0.25, 0.3) is 10.9 Å². The second-order valence-electron chi connectivity index (χ2n) is 6.61. The number of aromatic nitrogens is 2. The molecule has 1 amide bonds. The number of amides is 1. The first-order chi connectivity index (χ1) is 12.8. The molecule has 26 heavy (non-hydrogen) atoms. The Morgan fingerprint density at radius 3 is 2.65 bits per heavy atom. The molecule has 0 atom stereocenters. The van der Waals surface area contributed by atoms with Crippen LogP contribution in [0.1, 0.15) is 5.69 Å². The molecule has 2 N–H and O–H groups in total. The van der Waals surface area contributed by atoms with E-state index in [2.05, 4.69) is 37.2 Å². The lowest BCUT2D eigenvalue weighted by Crippen LogP contribution is -2.49. The molecule has 0 spiro atoms. The van der Waals surface area contributed by atoms with Crippen LogP contribution in [0.5, 0.6) is 0 Å². The molecular formula is C20H23N5O. The molecule has 0 saturated carbocycles. The Morgan fingerprint density at radius 2 is 1.88 bits per heavy atom. The first-order valence-corrected chi connectivity index (χ1v) is 8.99.